The first kappa shape index (κ1) is 25.1. The quantitative estimate of drug-likeness (QED) is 0.439. The average Bonchev–Trinajstić information content (AvgIpc) is 3.31. The number of carbonyl (C=O) groups excluding carboxylic acids is 5. The van der Waals surface area contributed by atoms with Gasteiger partial charge in [0.15, 0.2) is 23.8 Å². The van der Waals surface area contributed by atoms with Crippen LogP contribution in [-0.2, 0) is 44.6 Å². The SMILES string of the molecule is COC(=O)[C@@H]1C[C@H](OC(C)=O)C(=O)[C@H]2[C@@]1(C)CC[C@H]1C(=O)O[C@H](C(=O)CCc3ccco3)C[C@]21C. The number of Topliss-reactive ketones (excluding diaryl/α,β-unsaturated/α-hetero) is 2. The molecule has 0 aromatic carbocycles. The fourth-order valence-electron chi connectivity index (χ4n) is 6.86. The standard InChI is InChI=1S/C26H32O9/c1-14(27)34-19-12-17(23(30)32-4)25(2)10-9-16-24(31)35-20(13-26(16,3)22(25)21(19)29)18(28)8-7-15-6-5-11-33-15/h5-6,11,16-17,19-20,22H,7-10,12-13H2,1-4H3/t16-,17-,19-,20-,22-,25-,26-/m0/s1. The van der Waals surface area contributed by atoms with Gasteiger partial charge in [-0.15, -0.1) is 0 Å². The highest BCUT2D eigenvalue weighted by atomic mass is 16.6. The lowest BCUT2D eigenvalue weighted by Gasteiger charge is -2.60. The van der Waals surface area contributed by atoms with E-state index in [1.165, 1.54) is 20.3 Å². The minimum absolute atomic E-state index is 0.0365. The van der Waals surface area contributed by atoms with Gasteiger partial charge in [0.2, 0.25) is 0 Å². The second-order valence-corrected chi connectivity index (χ2v) is 10.5. The molecule has 0 bridgehead atoms. The second kappa shape index (κ2) is 9.24. The van der Waals surface area contributed by atoms with Crippen LogP contribution in [0, 0.1) is 28.6 Å². The first-order chi connectivity index (χ1) is 16.5. The molecule has 2 aliphatic carbocycles. The number of furan rings is 1. The zero-order chi connectivity index (χ0) is 25.5. The Kier molecular flexibility index (Phi) is 6.64. The predicted octanol–water partition coefficient (Wildman–Crippen LogP) is 2.83. The van der Waals surface area contributed by atoms with Gasteiger partial charge in [-0.3, -0.25) is 24.0 Å². The summed E-state index contributed by atoms with van der Waals surface area (Å²) in [6.45, 7) is 4.91. The number of hydrogen-bond donors (Lipinski definition) is 0. The number of ether oxygens (including phenoxy) is 3. The van der Waals surface area contributed by atoms with Crippen LogP contribution in [0.2, 0.25) is 0 Å². The van der Waals surface area contributed by atoms with Crippen LogP contribution in [-0.4, -0.2) is 48.8 Å². The summed E-state index contributed by atoms with van der Waals surface area (Å²) in [4.78, 5) is 64.6. The van der Waals surface area contributed by atoms with Gasteiger partial charge in [0.05, 0.1) is 25.2 Å². The molecular formula is C26H32O9. The number of ketones is 2. The zero-order valence-corrected chi connectivity index (χ0v) is 20.5. The molecule has 0 amide bonds. The molecule has 190 valence electrons. The van der Waals surface area contributed by atoms with E-state index in [0.29, 0.717) is 25.0 Å². The number of carbonyl (C=O) groups is 5. The lowest BCUT2D eigenvalue weighted by Crippen LogP contribution is -2.65. The minimum Gasteiger partial charge on any atom is -0.469 e. The second-order valence-electron chi connectivity index (χ2n) is 10.5. The molecule has 9 nitrogen and oxygen atoms in total. The van der Waals surface area contributed by atoms with E-state index in [4.69, 9.17) is 18.6 Å². The largest absolute Gasteiger partial charge is 0.469 e. The number of hydrogen-bond acceptors (Lipinski definition) is 9. The maximum Gasteiger partial charge on any atom is 0.310 e. The summed E-state index contributed by atoms with van der Waals surface area (Å²) >= 11 is 0. The van der Waals surface area contributed by atoms with Crippen molar-refractivity contribution in [1.82, 2.24) is 0 Å². The van der Waals surface area contributed by atoms with Gasteiger partial charge in [0, 0.05) is 32.1 Å². The van der Waals surface area contributed by atoms with E-state index in [1.54, 1.807) is 12.1 Å². The Labute approximate surface area is 203 Å². The van der Waals surface area contributed by atoms with Crippen molar-refractivity contribution in [3.8, 4) is 0 Å². The van der Waals surface area contributed by atoms with Crippen LogP contribution < -0.4 is 0 Å². The van der Waals surface area contributed by atoms with Crippen molar-refractivity contribution in [2.75, 3.05) is 7.11 Å². The maximum absolute atomic E-state index is 13.8. The highest BCUT2D eigenvalue weighted by Crippen LogP contribution is 2.64. The van der Waals surface area contributed by atoms with Crippen molar-refractivity contribution >= 4 is 29.5 Å². The van der Waals surface area contributed by atoms with E-state index in [-0.39, 0.29) is 30.8 Å². The van der Waals surface area contributed by atoms with Crippen LogP contribution in [0.4, 0.5) is 0 Å². The average molecular weight is 489 g/mol. The monoisotopic (exact) mass is 488 g/mol. The van der Waals surface area contributed by atoms with Crippen molar-refractivity contribution in [2.45, 2.75) is 71.5 Å². The molecule has 2 heterocycles. The summed E-state index contributed by atoms with van der Waals surface area (Å²) in [6.07, 6.45) is 0.970. The number of aryl methyl sites for hydroxylation is 1. The lowest BCUT2D eigenvalue weighted by molar-refractivity contribution is -0.210. The summed E-state index contributed by atoms with van der Waals surface area (Å²) < 4.78 is 21.3. The molecule has 0 N–H and O–H groups in total. The Morgan fingerprint density at radius 1 is 1.17 bits per heavy atom. The molecule has 1 saturated heterocycles. The third-order valence-corrected chi connectivity index (χ3v) is 8.45. The number of cyclic esters (lactones) is 1. The third-order valence-electron chi connectivity index (χ3n) is 8.45. The molecule has 3 aliphatic rings. The molecule has 0 radical (unpaired) electrons. The van der Waals surface area contributed by atoms with Gasteiger partial charge >= 0.3 is 17.9 Å². The Bertz CT molecular complexity index is 1030. The molecule has 1 aliphatic heterocycles. The van der Waals surface area contributed by atoms with Crippen LogP contribution in [0.25, 0.3) is 0 Å². The maximum atomic E-state index is 13.8. The first-order valence-corrected chi connectivity index (χ1v) is 12.1. The molecule has 1 aromatic rings. The van der Waals surface area contributed by atoms with E-state index in [0.717, 1.165) is 0 Å². The van der Waals surface area contributed by atoms with Gasteiger partial charge in [0.1, 0.15) is 5.76 Å². The van der Waals surface area contributed by atoms with Crippen LogP contribution >= 0.6 is 0 Å². The Balaban J connectivity index is 1.67. The molecule has 3 fully saturated rings. The van der Waals surface area contributed by atoms with Gasteiger partial charge < -0.3 is 18.6 Å². The smallest absolute Gasteiger partial charge is 0.310 e. The van der Waals surface area contributed by atoms with Gasteiger partial charge in [-0.1, -0.05) is 13.8 Å². The summed E-state index contributed by atoms with van der Waals surface area (Å²) in [5.41, 5.74) is -1.76. The third kappa shape index (κ3) is 4.29. The van der Waals surface area contributed by atoms with Gasteiger partial charge in [0.25, 0.3) is 0 Å². The van der Waals surface area contributed by atoms with Crippen LogP contribution in [0.1, 0.15) is 58.6 Å². The molecule has 35 heavy (non-hydrogen) atoms. The summed E-state index contributed by atoms with van der Waals surface area (Å²) in [6, 6.07) is 3.51. The molecule has 0 unspecified atom stereocenters. The van der Waals surface area contributed by atoms with Gasteiger partial charge in [-0.2, -0.15) is 0 Å². The molecule has 0 spiro atoms. The van der Waals surface area contributed by atoms with E-state index in [9.17, 15) is 24.0 Å². The Morgan fingerprint density at radius 2 is 1.91 bits per heavy atom. The van der Waals surface area contributed by atoms with E-state index < -0.39 is 58.7 Å². The Morgan fingerprint density at radius 3 is 2.54 bits per heavy atom. The van der Waals surface area contributed by atoms with E-state index in [1.807, 2.05) is 13.8 Å². The van der Waals surface area contributed by atoms with Gasteiger partial charge in [-0.05, 0) is 42.2 Å². The Hall–Kier alpha value is -2.97. The highest BCUT2D eigenvalue weighted by molar-refractivity contribution is 5.94. The predicted molar refractivity (Wildman–Crippen MR) is 120 cm³/mol. The van der Waals surface area contributed by atoms with Crippen molar-refractivity contribution < 1.29 is 42.6 Å². The number of fused-ring (bicyclic) bond motifs is 3. The fraction of sp³-hybridized carbons (Fsp3) is 0.654. The lowest BCUT2D eigenvalue weighted by atomic mass is 9.43. The first-order valence-electron chi connectivity index (χ1n) is 12.1. The normalized spacial score (nSPS) is 36.4. The zero-order valence-electron chi connectivity index (χ0n) is 20.5. The van der Waals surface area contributed by atoms with Crippen LogP contribution in [0.15, 0.2) is 22.8 Å². The fourth-order valence-corrected chi connectivity index (χ4v) is 6.86. The van der Waals surface area contributed by atoms with E-state index >= 15 is 0 Å². The summed E-state index contributed by atoms with van der Waals surface area (Å²) in [5, 5.41) is 0. The van der Waals surface area contributed by atoms with Crippen molar-refractivity contribution in [3.05, 3.63) is 24.2 Å². The number of rotatable bonds is 6. The van der Waals surface area contributed by atoms with Gasteiger partial charge in [-0.25, -0.2) is 0 Å². The summed E-state index contributed by atoms with van der Waals surface area (Å²) in [7, 11) is 1.29. The highest BCUT2D eigenvalue weighted by Gasteiger charge is 2.68. The summed E-state index contributed by atoms with van der Waals surface area (Å²) in [5.74, 6) is -3.59. The topological polar surface area (TPSA) is 126 Å². The molecule has 9 heteroatoms. The molecule has 2 saturated carbocycles. The van der Waals surface area contributed by atoms with Crippen molar-refractivity contribution in [1.29, 1.82) is 0 Å². The van der Waals surface area contributed by atoms with Crippen molar-refractivity contribution in [3.63, 3.8) is 0 Å². The molecule has 4 rings (SSSR count). The van der Waals surface area contributed by atoms with Crippen LogP contribution in [0.5, 0.6) is 0 Å². The minimum atomic E-state index is -1.11. The van der Waals surface area contributed by atoms with Crippen molar-refractivity contribution in [2.24, 2.45) is 28.6 Å². The molecule has 7 atom stereocenters. The molecular weight excluding hydrogens is 456 g/mol. The molecule has 1 aromatic heterocycles. The number of methoxy groups -OCH3 is 1. The number of esters is 3. The van der Waals surface area contributed by atoms with E-state index in [2.05, 4.69) is 0 Å². The van der Waals surface area contributed by atoms with Crippen LogP contribution in [0.3, 0.4) is 0 Å².